The molecule has 0 radical (unpaired) electrons. The number of nitrogens with two attached hydrogens (primary N) is 1. The summed E-state index contributed by atoms with van der Waals surface area (Å²) in [5, 5.41) is 2.87. The molecule has 0 unspecified atom stereocenters. The minimum absolute atomic E-state index is 0.191. The second-order valence-corrected chi connectivity index (χ2v) is 7.26. The Hall–Kier alpha value is -1.44. The molecule has 2 rings (SSSR count). The first-order valence-corrected chi connectivity index (χ1v) is 8.51. The van der Waals surface area contributed by atoms with Gasteiger partial charge in [-0.1, -0.05) is 6.07 Å². The zero-order valence-corrected chi connectivity index (χ0v) is 13.0. The Bertz CT molecular complexity index is 708. The molecule has 0 spiro atoms. The van der Waals surface area contributed by atoms with Gasteiger partial charge >= 0.3 is 0 Å². The second kappa shape index (κ2) is 5.90. The number of aromatic nitrogens is 1. The molecule has 1 heterocycles. The van der Waals surface area contributed by atoms with Gasteiger partial charge in [0.15, 0.2) is 0 Å². The van der Waals surface area contributed by atoms with E-state index in [9.17, 15) is 8.42 Å². The smallest absolute Gasteiger partial charge is 0.240 e. The molecule has 0 bridgehead atoms. The third kappa shape index (κ3) is 3.56. The lowest BCUT2D eigenvalue weighted by Gasteiger charge is -2.08. The van der Waals surface area contributed by atoms with Crippen molar-refractivity contribution < 1.29 is 8.42 Å². The molecule has 0 saturated carbocycles. The Morgan fingerprint density at radius 1 is 1.35 bits per heavy atom. The second-order valence-electron chi connectivity index (χ2n) is 4.55. The first-order chi connectivity index (χ1) is 9.38. The third-order valence-electron chi connectivity index (χ3n) is 2.86. The van der Waals surface area contributed by atoms with E-state index >= 15 is 0 Å². The number of hydrogen-bond donors (Lipinski definition) is 2. The standard InChI is InChI=1S/C13H17N3O2S2/c1-9-3-4-11(7-12(9)14)20(17,18)15-6-5-13-16-10(2)8-19-13/h3-4,7-8,15H,5-6,14H2,1-2H3. The quantitative estimate of drug-likeness (QED) is 0.825. The number of sulfonamides is 1. The highest BCUT2D eigenvalue weighted by atomic mass is 32.2. The van der Waals surface area contributed by atoms with Gasteiger partial charge in [-0.2, -0.15) is 0 Å². The van der Waals surface area contributed by atoms with Crippen molar-refractivity contribution in [3.63, 3.8) is 0 Å². The Kier molecular flexibility index (Phi) is 4.42. The average molecular weight is 311 g/mol. The number of nitrogens with zero attached hydrogens (tertiary/aromatic N) is 1. The summed E-state index contributed by atoms with van der Waals surface area (Å²) < 4.78 is 26.8. The summed E-state index contributed by atoms with van der Waals surface area (Å²) in [5.41, 5.74) is 8.04. The monoisotopic (exact) mass is 311 g/mol. The topological polar surface area (TPSA) is 85.1 Å². The number of nitrogens with one attached hydrogen (secondary N) is 1. The molecule has 0 atom stereocenters. The van der Waals surface area contributed by atoms with Crippen LogP contribution in [0.5, 0.6) is 0 Å². The van der Waals surface area contributed by atoms with Crippen molar-refractivity contribution in [2.24, 2.45) is 0 Å². The van der Waals surface area contributed by atoms with Crippen LogP contribution >= 0.6 is 11.3 Å². The van der Waals surface area contributed by atoms with Crippen molar-refractivity contribution in [2.45, 2.75) is 25.2 Å². The number of aryl methyl sites for hydroxylation is 2. The van der Waals surface area contributed by atoms with Crippen LogP contribution in [0, 0.1) is 13.8 Å². The van der Waals surface area contributed by atoms with E-state index in [2.05, 4.69) is 9.71 Å². The molecule has 108 valence electrons. The highest BCUT2D eigenvalue weighted by Gasteiger charge is 2.14. The van der Waals surface area contributed by atoms with E-state index in [-0.39, 0.29) is 4.90 Å². The fraction of sp³-hybridized carbons (Fsp3) is 0.308. The Balaban J connectivity index is 2.02. The average Bonchev–Trinajstić information content (AvgIpc) is 2.78. The SMILES string of the molecule is Cc1csc(CCNS(=O)(=O)c2ccc(C)c(N)c2)n1. The van der Waals surface area contributed by atoms with Crippen molar-refractivity contribution in [2.75, 3.05) is 12.3 Å². The van der Waals surface area contributed by atoms with Gasteiger partial charge in [0.05, 0.1) is 9.90 Å². The molecule has 0 aliphatic rings. The molecular weight excluding hydrogens is 294 g/mol. The Labute approximate surface area is 122 Å². The van der Waals surface area contributed by atoms with Crippen molar-refractivity contribution in [3.8, 4) is 0 Å². The van der Waals surface area contributed by atoms with Crippen LogP contribution in [0.3, 0.4) is 0 Å². The molecule has 3 N–H and O–H groups in total. The zero-order valence-electron chi connectivity index (χ0n) is 11.4. The Morgan fingerprint density at radius 3 is 2.70 bits per heavy atom. The number of hydrogen-bond acceptors (Lipinski definition) is 5. The van der Waals surface area contributed by atoms with E-state index in [4.69, 9.17) is 5.73 Å². The lowest BCUT2D eigenvalue weighted by molar-refractivity contribution is 0.581. The largest absolute Gasteiger partial charge is 0.398 e. The molecule has 20 heavy (non-hydrogen) atoms. The highest BCUT2D eigenvalue weighted by Crippen LogP contribution is 2.17. The van der Waals surface area contributed by atoms with Gasteiger partial charge in [-0.05, 0) is 31.5 Å². The van der Waals surface area contributed by atoms with Crippen molar-refractivity contribution >= 4 is 27.0 Å². The van der Waals surface area contributed by atoms with E-state index in [1.807, 2.05) is 19.2 Å². The summed E-state index contributed by atoms with van der Waals surface area (Å²) in [4.78, 5) is 4.48. The molecule has 0 saturated heterocycles. The van der Waals surface area contributed by atoms with Crippen LogP contribution in [-0.4, -0.2) is 19.9 Å². The van der Waals surface area contributed by atoms with Crippen LogP contribution in [0.15, 0.2) is 28.5 Å². The molecule has 0 amide bonds. The van der Waals surface area contributed by atoms with E-state index in [1.54, 1.807) is 12.1 Å². The summed E-state index contributed by atoms with van der Waals surface area (Å²) in [6.45, 7) is 4.08. The van der Waals surface area contributed by atoms with Crippen LogP contribution in [0.4, 0.5) is 5.69 Å². The molecule has 0 aliphatic carbocycles. The number of thiazole rings is 1. The van der Waals surface area contributed by atoms with Crippen LogP contribution in [0.25, 0.3) is 0 Å². The van der Waals surface area contributed by atoms with Crippen LogP contribution in [0.1, 0.15) is 16.3 Å². The lowest BCUT2D eigenvalue weighted by atomic mass is 10.2. The van der Waals surface area contributed by atoms with Crippen LogP contribution in [-0.2, 0) is 16.4 Å². The predicted octanol–water partition coefficient (Wildman–Crippen LogP) is 1.86. The third-order valence-corrected chi connectivity index (χ3v) is 5.34. The van der Waals surface area contributed by atoms with Gasteiger partial charge in [0.25, 0.3) is 0 Å². The summed E-state index contributed by atoms with van der Waals surface area (Å²) in [7, 11) is -3.52. The number of nitrogen functional groups attached to an aromatic ring is 1. The molecule has 0 fully saturated rings. The Morgan fingerprint density at radius 2 is 2.10 bits per heavy atom. The van der Waals surface area contributed by atoms with Gasteiger partial charge in [0.1, 0.15) is 0 Å². The molecule has 1 aromatic heterocycles. The van der Waals surface area contributed by atoms with E-state index in [1.165, 1.54) is 17.4 Å². The minimum Gasteiger partial charge on any atom is -0.398 e. The van der Waals surface area contributed by atoms with E-state index in [0.717, 1.165) is 16.3 Å². The van der Waals surface area contributed by atoms with Gasteiger partial charge in [-0.15, -0.1) is 11.3 Å². The van der Waals surface area contributed by atoms with E-state index in [0.29, 0.717) is 18.7 Å². The zero-order chi connectivity index (χ0) is 14.8. The van der Waals surface area contributed by atoms with Crippen molar-refractivity contribution in [3.05, 3.63) is 39.8 Å². The number of rotatable bonds is 5. The molecule has 7 heteroatoms. The van der Waals surface area contributed by atoms with Crippen LogP contribution in [0.2, 0.25) is 0 Å². The van der Waals surface area contributed by atoms with Gasteiger partial charge in [0, 0.05) is 29.7 Å². The summed E-state index contributed by atoms with van der Waals surface area (Å²) >= 11 is 1.53. The maximum atomic E-state index is 12.1. The van der Waals surface area contributed by atoms with Gasteiger partial charge in [0.2, 0.25) is 10.0 Å². The van der Waals surface area contributed by atoms with E-state index < -0.39 is 10.0 Å². The van der Waals surface area contributed by atoms with Crippen molar-refractivity contribution in [1.29, 1.82) is 0 Å². The predicted molar refractivity (Wildman–Crippen MR) is 81.3 cm³/mol. The fourth-order valence-electron chi connectivity index (χ4n) is 1.68. The normalized spacial score (nSPS) is 11.7. The maximum Gasteiger partial charge on any atom is 0.240 e. The molecular formula is C13H17N3O2S2. The maximum absolute atomic E-state index is 12.1. The van der Waals surface area contributed by atoms with Gasteiger partial charge in [-0.25, -0.2) is 18.1 Å². The summed E-state index contributed by atoms with van der Waals surface area (Å²) in [6.07, 6.45) is 0.582. The molecule has 2 aromatic rings. The molecule has 0 aliphatic heterocycles. The number of anilines is 1. The first-order valence-electron chi connectivity index (χ1n) is 6.15. The summed E-state index contributed by atoms with van der Waals surface area (Å²) in [5.74, 6) is 0. The lowest BCUT2D eigenvalue weighted by Crippen LogP contribution is -2.26. The highest BCUT2D eigenvalue weighted by molar-refractivity contribution is 7.89. The van der Waals surface area contributed by atoms with Crippen molar-refractivity contribution in [1.82, 2.24) is 9.71 Å². The summed E-state index contributed by atoms with van der Waals surface area (Å²) in [6, 6.07) is 4.74. The van der Waals surface area contributed by atoms with Gasteiger partial charge in [-0.3, -0.25) is 0 Å². The first kappa shape index (κ1) is 15.0. The molecule has 5 nitrogen and oxygen atoms in total. The molecule has 1 aromatic carbocycles. The van der Waals surface area contributed by atoms with Crippen LogP contribution < -0.4 is 10.5 Å². The minimum atomic E-state index is -3.52. The fourth-order valence-corrected chi connectivity index (χ4v) is 3.52. The van der Waals surface area contributed by atoms with Gasteiger partial charge < -0.3 is 5.73 Å². The number of benzene rings is 1.